The molecule has 0 N–H and O–H groups in total. The first-order valence-corrected chi connectivity index (χ1v) is 6.75. The molecule has 0 bridgehead atoms. The van der Waals surface area contributed by atoms with Crippen molar-refractivity contribution < 1.29 is 9.53 Å². The highest BCUT2D eigenvalue weighted by Gasteiger charge is 1.97. The topological polar surface area (TPSA) is 26.3 Å². The summed E-state index contributed by atoms with van der Waals surface area (Å²) in [6.45, 7) is 2.20. The van der Waals surface area contributed by atoms with Crippen LogP contribution in [-0.4, -0.2) is 12.6 Å². The van der Waals surface area contributed by atoms with Crippen LogP contribution in [0.15, 0.2) is 60.7 Å². The Morgan fingerprint density at radius 1 is 1.00 bits per heavy atom. The zero-order valence-electron chi connectivity index (χ0n) is 11.6. The summed E-state index contributed by atoms with van der Waals surface area (Å²) in [5, 5.41) is 0. The Kier molecular flexibility index (Phi) is 5.13. The zero-order chi connectivity index (χ0) is 14.2. The maximum absolute atomic E-state index is 11.2. The van der Waals surface area contributed by atoms with E-state index in [1.165, 1.54) is 17.2 Å². The van der Waals surface area contributed by atoms with Gasteiger partial charge in [-0.05, 0) is 36.1 Å². The first kappa shape index (κ1) is 14.1. The first-order chi connectivity index (χ1) is 9.78. The molecular weight excluding hydrogens is 248 g/mol. The van der Waals surface area contributed by atoms with Crippen LogP contribution < -0.4 is 0 Å². The van der Waals surface area contributed by atoms with Crippen molar-refractivity contribution in [1.82, 2.24) is 0 Å². The van der Waals surface area contributed by atoms with E-state index in [0.717, 1.165) is 12.0 Å². The van der Waals surface area contributed by atoms with Gasteiger partial charge in [0.05, 0.1) is 6.61 Å². The summed E-state index contributed by atoms with van der Waals surface area (Å²) in [5.74, 6) is -0.305. The molecule has 0 saturated heterocycles. The van der Waals surface area contributed by atoms with Gasteiger partial charge in [0.25, 0.3) is 0 Å². The molecule has 0 aliphatic heterocycles. The normalized spacial score (nSPS) is 10.7. The number of hydrogen-bond donors (Lipinski definition) is 0. The highest BCUT2D eigenvalue weighted by atomic mass is 16.5. The summed E-state index contributed by atoms with van der Waals surface area (Å²) in [4.78, 5) is 11.2. The molecule has 20 heavy (non-hydrogen) atoms. The third kappa shape index (κ3) is 4.39. The molecule has 2 nitrogen and oxygen atoms in total. The Morgan fingerprint density at radius 3 is 2.30 bits per heavy atom. The highest BCUT2D eigenvalue weighted by Crippen LogP contribution is 2.11. The fourth-order valence-electron chi connectivity index (χ4n) is 1.93. The van der Waals surface area contributed by atoms with Gasteiger partial charge in [0.2, 0.25) is 0 Å². The molecule has 2 aromatic rings. The van der Waals surface area contributed by atoms with Crippen molar-refractivity contribution in [3.8, 4) is 0 Å². The molecule has 0 saturated carbocycles. The van der Waals surface area contributed by atoms with Gasteiger partial charge in [-0.25, -0.2) is 4.79 Å². The summed E-state index contributed by atoms with van der Waals surface area (Å²) >= 11 is 0. The number of carbonyl (C=O) groups is 1. The average Bonchev–Trinajstić information content (AvgIpc) is 2.48. The number of esters is 1. The maximum atomic E-state index is 11.2. The van der Waals surface area contributed by atoms with Gasteiger partial charge in [0.15, 0.2) is 0 Å². The second-order valence-electron chi connectivity index (χ2n) is 4.49. The zero-order valence-corrected chi connectivity index (χ0v) is 11.6. The third-order valence-electron chi connectivity index (χ3n) is 2.93. The van der Waals surface area contributed by atoms with Crippen molar-refractivity contribution >= 4 is 12.0 Å². The monoisotopic (exact) mass is 266 g/mol. The number of carbonyl (C=O) groups excluding carboxylic acids is 1. The molecule has 0 aliphatic carbocycles. The number of rotatable bonds is 5. The molecule has 0 atom stereocenters. The molecule has 0 unspecified atom stereocenters. The van der Waals surface area contributed by atoms with Crippen LogP contribution in [0.1, 0.15) is 23.6 Å². The van der Waals surface area contributed by atoms with Crippen LogP contribution in [0, 0.1) is 0 Å². The Bertz CT molecular complexity index is 568. The molecule has 2 aromatic carbocycles. The standard InChI is InChI=1S/C18H18O2/c1-2-20-18(19)13-12-15-8-10-17(11-9-15)14-16-6-4-3-5-7-16/h3-13H,2,14H2,1H3. The van der Waals surface area contributed by atoms with Crippen molar-refractivity contribution in [3.63, 3.8) is 0 Å². The van der Waals surface area contributed by atoms with Crippen LogP contribution in [-0.2, 0) is 16.0 Å². The predicted molar refractivity (Wildman–Crippen MR) is 81.4 cm³/mol. The lowest BCUT2D eigenvalue weighted by Gasteiger charge is -2.02. The SMILES string of the molecule is CCOC(=O)C=Cc1ccc(Cc2ccccc2)cc1. The van der Waals surface area contributed by atoms with Crippen LogP contribution in [0.25, 0.3) is 6.08 Å². The largest absolute Gasteiger partial charge is 0.463 e. The molecule has 2 rings (SSSR count). The summed E-state index contributed by atoms with van der Waals surface area (Å²) < 4.78 is 4.84. The van der Waals surface area contributed by atoms with E-state index in [0.29, 0.717) is 6.61 Å². The average molecular weight is 266 g/mol. The summed E-state index contributed by atoms with van der Waals surface area (Å²) in [6.07, 6.45) is 4.14. The summed E-state index contributed by atoms with van der Waals surface area (Å²) in [6, 6.07) is 18.5. The van der Waals surface area contributed by atoms with Crippen LogP contribution in [0.5, 0.6) is 0 Å². The van der Waals surface area contributed by atoms with Crippen molar-refractivity contribution in [1.29, 1.82) is 0 Å². The minimum atomic E-state index is -0.305. The Hall–Kier alpha value is -2.35. The Balaban J connectivity index is 1.98. The van der Waals surface area contributed by atoms with Crippen LogP contribution in [0.4, 0.5) is 0 Å². The highest BCUT2D eigenvalue weighted by molar-refractivity contribution is 5.87. The van der Waals surface area contributed by atoms with Gasteiger partial charge in [-0.15, -0.1) is 0 Å². The minimum Gasteiger partial charge on any atom is -0.463 e. The van der Waals surface area contributed by atoms with Crippen molar-refractivity contribution in [2.75, 3.05) is 6.61 Å². The Morgan fingerprint density at radius 2 is 1.65 bits per heavy atom. The molecule has 0 heterocycles. The molecule has 102 valence electrons. The molecule has 0 radical (unpaired) electrons. The van der Waals surface area contributed by atoms with Crippen LogP contribution in [0.3, 0.4) is 0 Å². The predicted octanol–water partition coefficient (Wildman–Crippen LogP) is 3.85. The molecule has 0 aliphatic rings. The van der Waals surface area contributed by atoms with E-state index in [1.807, 2.05) is 30.3 Å². The van der Waals surface area contributed by atoms with Crippen molar-refractivity contribution in [2.24, 2.45) is 0 Å². The van der Waals surface area contributed by atoms with Gasteiger partial charge >= 0.3 is 5.97 Å². The fraction of sp³-hybridized carbons (Fsp3) is 0.167. The fourth-order valence-corrected chi connectivity index (χ4v) is 1.93. The van der Waals surface area contributed by atoms with Crippen LogP contribution in [0.2, 0.25) is 0 Å². The number of benzene rings is 2. The summed E-state index contributed by atoms with van der Waals surface area (Å²) in [5.41, 5.74) is 3.54. The lowest BCUT2D eigenvalue weighted by atomic mass is 10.0. The lowest BCUT2D eigenvalue weighted by Crippen LogP contribution is -1.98. The molecular formula is C18H18O2. The smallest absolute Gasteiger partial charge is 0.330 e. The van der Waals surface area contributed by atoms with E-state index < -0.39 is 0 Å². The Labute approximate surface area is 119 Å². The van der Waals surface area contributed by atoms with Crippen molar-refractivity contribution in [3.05, 3.63) is 77.4 Å². The molecule has 0 aromatic heterocycles. The number of ether oxygens (including phenoxy) is 1. The van der Waals surface area contributed by atoms with Gasteiger partial charge in [-0.1, -0.05) is 54.6 Å². The number of hydrogen-bond acceptors (Lipinski definition) is 2. The van der Waals surface area contributed by atoms with E-state index in [1.54, 1.807) is 13.0 Å². The molecule has 0 fully saturated rings. The van der Waals surface area contributed by atoms with E-state index in [4.69, 9.17) is 4.74 Å². The summed E-state index contributed by atoms with van der Waals surface area (Å²) in [7, 11) is 0. The van der Waals surface area contributed by atoms with E-state index in [-0.39, 0.29) is 5.97 Å². The van der Waals surface area contributed by atoms with E-state index in [2.05, 4.69) is 24.3 Å². The third-order valence-corrected chi connectivity index (χ3v) is 2.93. The molecule has 2 heteroatoms. The minimum absolute atomic E-state index is 0.305. The van der Waals surface area contributed by atoms with Gasteiger partial charge < -0.3 is 4.74 Å². The second-order valence-corrected chi connectivity index (χ2v) is 4.49. The van der Waals surface area contributed by atoms with Crippen molar-refractivity contribution in [2.45, 2.75) is 13.3 Å². The van der Waals surface area contributed by atoms with Gasteiger partial charge in [-0.2, -0.15) is 0 Å². The first-order valence-electron chi connectivity index (χ1n) is 6.75. The lowest BCUT2D eigenvalue weighted by molar-refractivity contribution is -0.137. The quantitative estimate of drug-likeness (QED) is 0.607. The molecule has 0 spiro atoms. The van der Waals surface area contributed by atoms with E-state index >= 15 is 0 Å². The maximum Gasteiger partial charge on any atom is 0.330 e. The van der Waals surface area contributed by atoms with Gasteiger partial charge in [0.1, 0.15) is 0 Å². The van der Waals surface area contributed by atoms with Gasteiger partial charge in [-0.3, -0.25) is 0 Å². The van der Waals surface area contributed by atoms with Crippen LogP contribution >= 0.6 is 0 Å². The van der Waals surface area contributed by atoms with E-state index in [9.17, 15) is 4.79 Å². The molecule has 0 amide bonds. The second kappa shape index (κ2) is 7.29. The van der Waals surface area contributed by atoms with Gasteiger partial charge in [0, 0.05) is 6.08 Å².